The number of nitrogens with zero attached hydrogens (tertiary/aromatic N) is 1. The number of anilines is 1. The average Bonchev–Trinajstić information content (AvgIpc) is 2.34. The number of aromatic nitrogens is 1. The molecule has 0 spiro atoms. The van der Waals surface area contributed by atoms with Gasteiger partial charge in [-0.2, -0.15) is 22.0 Å². The van der Waals surface area contributed by atoms with Crippen LogP contribution in [0.5, 0.6) is 0 Å². The van der Waals surface area contributed by atoms with Crippen LogP contribution in [0.1, 0.15) is 25.0 Å². The van der Waals surface area contributed by atoms with Crippen LogP contribution in [0.25, 0.3) is 0 Å². The second-order valence-electron chi connectivity index (χ2n) is 3.86. The number of hydrogen-bond donors (Lipinski definition) is 1. The predicted molar refractivity (Wildman–Crippen MR) is 62.0 cm³/mol. The van der Waals surface area contributed by atoms with Gasteiger partial charge >= 0.3 is 6.18 Å². The minimum absolute atomic E-state index is 0.0277. The molecule has 1 amide bonds. The molecule has 0 aliphatic heterocycles. The van der Waals surface area contributed by atoms with Gasteiger partial charge in [0.1, 0.15) is 5.69 Å². The summed E-state index contributed by atoms with van der Waals surface area (Å²) in [6.45, 7) is 0. The van der Waals surface area contributed by atoms with Gasteiger partial charge in [-0.1, -0.05) is 0 Å². The van der Waals surface area contributed by atoms with Crippen LogP contribution in [0.2, 0.25) is 0 Å². The molecule has 1 N–H and O–H groups in total. The summed E-state index contributed by atoms with van der Waals surface area (Å²) in [4.78, 5) is 14.5. The molecule has 1 rings (SSSR count). The molecule has 1 aromatic rings. The maximum absolute atomic E-state index is 12.4. The third kappa shape index (κ3) is 5.77. The first kappa shape index (κ1) is 16.1. The van der Waals surface area contributed by atoms with Gasteiger partial charge in [-0.15, -0.1) is 0 Å². The van der Waals surface area contributed by atoms with E-state index in [1.54, 1.807) is 0 Å². The fourth-order valence-electron chi connectivity index (χ4n) is 1.36. The predicted octanol–water partition coefficient (Wildman–Crippen LogP) is 3.99. The Morgan fingerprint density at radius 1 is 1.35 bits per heavy atom. The molecule has 0 saturated heterocycles. The van der Waals surface area contributed by atoms with Gasteiger partial charge in [-0.25, -0.2) is 0 Å². The van der Waals surface area contributed by atoms with Gasteiger partial charge in [-0.05, 0) is 31.1 Å². The Balaban J connectivity index is 2.52. The van der Waals surface area contributed by atoms with Crippen LogP contribution in [0, 0.1) is 0 Å². The van der Waals surface area contributed by atoms with Crippen molar-refractivity contribution in [1.82, 2.24) is 4.98 Å². The summed E-state index contributed by atoms with van der Waals surface area (Å²) in [7, 11) is 0. The molecule has 20 heavy (non-hydrogen) atoms. The summed E-state index contributed by atoms with van der Waals surface area (Å²) in [6.07, 6.45) is -4.66. The summed E-state index contributed by atoms with van der Waals surface area (Å²) in [6, 6.07) is 1.92. The van der Waals surface area contributed by atoms with Gasteiger partial charge in [0.05, 0.1) is 0 Å². The number of carbonyl (C=O) groups is 1. The Morgan fingerprint density at radius 3 is 2.65 bits per heavy atom. The molecule has 110 valence electrons. The third-order valence-corrected chi connectivity index (χ3v) is 2.24. The highest BCUT2D eigenvalue weighted by molar-refractivity contribution is 5.90. The van der Waals surface area contributed by atoms with E-state index in [0.29, 0.717) is 12.1 Å². The normalized spacial score (nSPS) is 11.1. The molecule has 3 nitrogen and oxygen atoms in total. The highest BCUT2D eigenvalue weighted by atomic mass is 19.4. The summed E-state index contributed by atoms with van der Waals surface area (Å²) in [5, 5.41) is 2.26. The Bertz CT molecular complexity index is 495. The van der Waals surface area contributed by atoms with Gasteiger partial charge in [-0.3, -0.25) is 9.78 Å². The van der Waals surface area contributed by atoms with E-state index in [2.05, 4.69) is 10.3 Å². The van der Waals surface area contributed by atoms with Crippen LogP contribution in [-0.2, 0) is 11.0 Å². The maximum atomic E-state index is 12.4. The molecule has 0 saturated carbocycles. The van der Waals surface area contributed by atoms with Crippen molar-refractivity contribution < 1.29 is 26.7 Å². The maximum Gasteiger partial charge on any atom is 0.433 e. The first-order chi connectivity index (χ1) is 9.29. The molecule has 0 bridgehead atoms. The zero-order chi connectivity index (χ0) is 15.2. The fourth-order valence-corrected chi connectivity index (χ4v) is 1.36. The topological polar surface area (TPSA) is 42.0 Å². The lowest BCUT2D eigenvalue weighted by Crippen LogP contribution is -2.13. The lowest BCUT2D eigenvalue weighted by molar-refractivity contribution is -0.141. The standard InChI is InChI=1S/C12H11F5N2O/c13-10(14)3-1-2-4-11(20)19-8-5-6-18-9(7-8)12(15,16)17/h3,5-7H,1-2,4H2,(H,18,19,20). The van der Waals surface area contributed by atoms with Crippen LogP contribution in [-0.4, -0.2) is 10.9 Å². The summed E-state index contributed by atoms with van der Waals surface area (Å²) < 4.78 is 60.5. The number of nitrogens with one attached hydrogen (secondary N) is 1. The third-order valence-electron chi connectivity index (χ3n) is 2.24. The van der Waals surface area contributed by atoms with Crippen molar-refractivity contribution in [2.75, 3.05) is 5.32 Å². The Labute approximate surface area is 111 Å². The molecule has 0 aliphatic rings. The van der Waals surface area contributed by atoms with Crippen molar-refractivity contribution in [3.63, 3.8) is 0 Å². The van der Waals surface area contributed by atoms with Gasteiger partial charge in [0.25, 0.3) is 6.08 Å². The summed E-state index contributed by atoms with van der Waals surface area (Å²) >= 11 is 0. The largest absolute Gasteiger partial charge is 0.433 e. The van der Waals surface area contributed by atoms with E-state index in [4.69, 9.17) is 0 Å². The second-order valence-corrected chi connectivity index (χ2v) is 3.86. The molecule has 0 aromatic carbocycles. The number of amides is 1. The lowest BCUT2D eigenvalue weighted by atomic mass is 10.2. The van der Waals surface area contributed by atoms with Gasteiger partial charge in [0, 0.05) is 18.3 Å². The highest BCUT2D eigenvalue weighted by Crippen LogP contribution is 2.28. The van der Waals surface area contributed by atoms with Crippen molar-refractivity contribution >= 4 is 11.6 Å². The van der Waals surface area contributed by atoms with Crippen molar-refractivity contribution in [1.29, 1.82) is 0 Å². The molecular formula is C12H11F5N2O. The summed E-state index contributed by atoms with van der Waals surface area (Å²) in [5.41, 5.74) is -1.15. The van der Waals surface area contributed by atoms with E-state index in [-0.39, 0.29) is 24.9 Å². The Kier molecular flexibility index (Phi) is 5.60. The molecule has 0 fully saturated rings. The Morgan fingerprint density at radius 2 is 2.05 bits per heavy atom. The van der Waals surface area contributed by atoms with E-state index in [0.717, 1.165) is 6.20 Å². The number of rotatable bonds is 5. The molecule has 0 aliphatic carbocycles. The lowest BCUT2D eigenvalue weighted by Gasteiger charge is -2.08. The first-order valence-electron chi connectivity index (χ1n) is 5.63. The number of halogens is 5. The molecule has 0 radical (unpaired) electrons. The molecular weight excluding hydrogens is 283 g/mol. The van der Waals surface area contributed by atoms with Crippen molar-refractivity contribution in [3.8, 4) is 0 Å². The number of carbonyl (C=O) groups excluding carboxylic acids is 1. The van der Waals surface area contributed by atoms with Crippen LogP contribution in [0.4, 0.5) is 27.6 Å². The molecule has 8 heteroatoms. The zero-order valence-electron chi connectivity index (χ0n) is 10.2. The van der Waals surface area contributed by atoms with E-state index in [1.807, 2.05) is 0 Å². The fraction of sp³-hybridized carbons (Fsp3) is 0.333. The molecule has 0 atom stereocenters. The number of allylic oxidation sites excluding steroid dienone is 1. The van der Waals surface area contributed by atoms with Crippen LogP contribution < -0.4 is 5.32 Å². The number of pyridine rings is 1. The highest BCUT2D eigenvalue weighted by Gasteiger charge is 2.32. The SMILES string of the molecule is O=C(CCCC=C(F)F)Nc1ccnc(C(F)(F)F)c1. The van der Waals surface area contributed by atoms with Crippen molar-refractivity contribution in [2.24, 2.45) is 0 Å². The molecule has 1 aromatic heterocycles. The monoisotopic (exact) mass is 294 g/mol. The van der Waals surface area contributed by atoms with E-state index < -0.39 is 23.9 Å². The first-order valence-corrected chi connectivity index (χ1v) is 5.63. The number of hydrogen-bond acceptors (Lipinski definition) is 2. The van der Waals surface area contributed by atoms with Gasteiger partial charge in [0.15, 0.2) is 0 Å². The van der Waals surface area contributed by atoms with Crippen LogP contribution >= 0.6 is 0 Å². The van der Waals surface area contributed by atoms with Crippen molar-refractivity contribution in [3.05, 3.63) is 36.2 Å². The smallest absolute Gasteiger partial charge is 0.326 e. The molecule has 0 unspecified atom stereocenters. The number of alkyl halides is 3. The van der Waals surface area contributed by atoms with Crippen LogP contribution in [0.3, 0.4) is 0 Å². The minimum atomic E-state index is -4.59. The van der Waals surface area contributed by atoms with Gasteiger partial charge < -0.3 is 5.32 Å². The Hall–Kier alpha value is -1.99. The average molecular weight is 294 g/mol. The quantitative estimate of drug-likeness (QED) is 0.659. The summed E-state index contributed by atoms with van der Waals surface area (Å²) in [5.74, 6) is -0.544. The van der Waals surface area contributed by atoms with Crippen LogP contribution in [0.15, 0.2) is 30.5 Å². The molecule has 1 heterocycles. The minimum Gasteiger partial charge on any atom is -0.326 e. The zero-order valence-corrected chi connectivity index (χ0v) is 10.2. The number of unbranched alkanes of at least 4 members (excludes halogenated alkanes) is 1. The van der Waals surface area contributed by atoms with Crippen molar-refractivity contribution in [2.45, 2.75) is 25.4 Å². The van der Waals surface area contributed by atoms with E-state index >= 15 is 0 Å². The van der Waals surface area contributed by atoms with E-state index in [1.165, 1.54) is 6.07 Å². The van der Waals surface area contributed by atoms with Gasteiger partial charge in [0.2, 0.25) is 5.91 Å². The van der Waals surface area contributed by atoms with E-state index in [9.17, 15) is 26.7 Å². The second kappa shape index (κ2) is 6.97.